The van der Waals surface area contributed by atoms with Crippen molar-refractivity contribution >= 4 is 17.6 Å². The number of carbonyl (C=O) groups is 1. The highest BCUT2D eigenvalue weighted by atomic mass is 16.5. The number of rotatable bonds is 7. The first-order valence-corrected chi connectivity index (χ1v) is 9.14. The van der Waals surface area contributed by atoms with Crippen molar-refractivity contribution in [3.05, 3.63) is 96.2 Å². The van der Waals surface area contributed by atoms with Gasteiger partial charge in [0.2, 0.25) is 5.91 Å². The molecule has 4 aromatic rings. The summed E-state index contributed by atoms with van der Waals surface area (Å²) in [7, 11) is 0. The van der Waals surface area contributed by atoms with Crippen molar-refractivity contribution < 1.29 is 9.53 Å². The number of amides is 1. The Balaban J connectivity index is 1.28. The number of pyridine rings is 2. The van der Waals surface area contributed by atoms with Crippen molar-refractivity contribution in [2.75, 3.05) is 0 Å². The fraction of sp³-hybridized carbons (Fsp3) is 0.0909. The van der Waals surface area contributed by atoms with E-state index in [-0.39, 0.29) is 5.91 Å². The number of hydrogen-bond donors (Lipinski definition) is 1. The van der Waals surface area contributed by atoms with Crippen LogP contribution in [0.25, 0.3) is 11.7 Å². The van der Waals surface area contributed by atoms with Gasteiger partial charge in [-0.05, 0) is 42.0 Å². The van der Waals surface area contributed by atoms with Gasteiger partial charge in [-0.15, -0.1) is 10.2 Å². The number of hydrogen-bond acceptors (Lipinski definition) is 5. The van der Waals surface area contributed by atoms with Gasteiger partial charge in [0, 0.05) is 30.2 Å². The molecule has 0 spiro atoms. The summed E-state index contributed by atoms with van der Waals surface area (Å²) in [6, 6.07) is 17.0. The lowest BCUT2D eigenvalue weighted by Gasteiger charge is -2.06. The van der Waals surface area contributed by atoms with Crippen LogP contribution in [-0.4, -0.2) is 25.5 Å². The molecule has 3 aromatic heterocycles. The van der Waals surface area contributed by atoms with Crippen LogP contribution >= 0.6 is 0 Å². The summed E-state index contributed by atoms with van der Waals surface area (Å²) in [5.41, 5.74) is 2.66. The molecule has 0 aliphatic heterocycles. The number of benzene rings is 1. The molecule has 0 saturated heterocycles. The maximum absolute atomic E-state index is 12.1. The Labute approximate surface area is 167 Å². The predicted octanol–water partition coefficient (Wildman–Crippen LogP) is 3.03. The van der Waals surface area contributed by atoms with Gasteiger partial charge in [0.25, 0.3) is 0 Å². The van der Waals surface area contributed by atoms with Crippen LogP contribution in [0, 0.1) is 0 Å². The molecule has 1 amide bonds. The molecule has 1 aromatic carbocycles. The Kier molecular flexibility index (Phi) is 5.57. The van der Waals surface area contributed by atoms with Crippen molar-refractivity contribution in [3.63, 3.8) is 0 Å². The number of carbonyl (C=O) groups excluding carboxylic acids is 1. The van der Waals surface area contributed by atoms with Crippen LogP contribution in [0.4, 0.5) is 0 Å². The molecule has 0 fully saturated rings. The van der Waals surface area contributed by atoms with Crippen molar-refractivity contribution in [2.45, 2.75) is 13.2 Å². The predicted molar refractivity (Wildman–Crippen MR) is 109 cm³/mol. The van der Waals surface area contributed by atoms with Gasteiger partial charge in [0.1, 0.15) is 12.4 Å². The summed E-state index contributed by atoms with van der Waals surface area (Å²) in [5.74, 6) is 1.24. The number of nitrogens with zero attached hydrogens (tertiary/aromatic N) is 4. The van der Waals surface area contributed by atoms with Gasteiger partial charge in [-0.3, -0.25) is 14.2 Å². The molecule has 0 bridgehead atoms. The largest absolute Gasteiger partial charge is 0.489 e. The minimum atomic E-state index is -0.199. The van der Waals surface area contributed by atoms with Gasteiger partial charge in [-0.25, -0.2) is 0 Å². The first kappa shape index (κ1) is 18.4. The summed E-state index contributed by atoms with van der Waals surface area (Å²) in [6.45, 7) is 0.762. The molecule has 0 aliphatic carbocycles. The molecule has 144 valence electrons. The van der Waals surface area contributed by atoms with E-state index < -0.39 is 0 Å². The van der Waals surface area contributed by atoms with E-state index in [2.05, 4.69) is 20.5 Å². The van der Waals surface area contributed by atoms with Crippen LogP contribution in [0.5, 0.6) is 5.75 Å². The Morgan fingerprint density at radius 2 is 1.97 bits per heavy atom. The quantitative estimate of drug-likeness (QED) is 0.495. The minimum absolute atomic E-state index is 0.199. The maximum atomic E-state index is 12.1. The second-order valence-corrected chi connectivity index (χ2v) is 6.32. The molecular weight excluding hydrogens is 366 g/mol. The van der Waals surface area contributed by atoms with E-state index in [1.807, 2.05) is 65.2 Å². The van der Waals surface area contributed by atoms with Gasteiger partial charge < -0.3 is 10.1 Å². The number of ether oxygens (including phenoxy) is 1. The molecule has 1 N–H and O–H groups in total. The van der Waals surface area contributed by atoms with E-state index in [1.54, 1.807) is 18.5 Å². The third-order valence-electron chi connectivity index (χ3n) is 4.24. The van der Waals surface area contributed by atoms with Gasteiger partial charge in [-0.2, -0.15) is 0 Å². The highest BCUT2D eigenvalue weighted by molar-refractivity contribution is 5.91. The third-order valence-corrected chi connectivity index (χ3v) is 4.24. The van der Waals surface area contributed by atoms with E-state index in [1.165, 1.54) is 6.08 Å². The van der Waals surface area contributed by atoms with Crippen molar-refractivity contribution in [2.24, 2.45) is 0 Å². The highest BCUT2D eigenvalue weighted by Crippen LogP contribution is 2.15. The number of fused-ring (bicyclic) bond motifs is 1. The molecule has 29 heavy (non-hydrogen) atoms. The average Bonchev–Trinajstić information content (AvgIpc) is 3.19. The van der Waals surface area contributed by atoms with E-state index in [0.717, 1.165) is 22.5 Å². The van der Waals surface area contributed by atoms with Crippen molar-refractivity contribution in [1.82, 2.24) is 24.9 Å². The first-order valence-electron chi connectivity index (χ1n) is 9.14. The van der Waals surface area contributed by atoms with Crippen molar-refractivity contribution in [1.29, 1.82) is 0 Å². The van der Waals surface area contributed by atoms with E-state index in [0.29, 0.717) is 19.0 Å². The first-order chi connectivity index (χ1) is 14.3. The van der Waals surface area contributed by atoms with Crippen LogP contribution < -0.4 is 10.1 Å². The van der Waals surface area contributed by atoms with E-state index in [4.69, 9.17) is 4.74 Å². The zero-order chi connectivity index (χ0) is 19.9. The molecule has 3 heterocycles. The zero-order valence-electron chi connectivity index (χ0n) is 15.6. The molecule has 0 radical (unpaired) electrons. The Morgan fingerprint density at radius 3 is 2.79 bits per heavy atom. The maximum Gasteiger partial charge on any atom is 0.244 e. The number of aromatic nitrogens is 4. The Hall–Kier alpha value is -4.00. The zero-order valence-corrected chi connectivity index (χ0v) is 15.6. The lowest BCUT2D eigenvalue weighted by Crippen LogP contribution is -2.21. The standard InChI is InChI=1S/C22H19N5O2/c28-22(24-15-21-26-25-20-5-1-2-13-27(20)21)11-8-17-6-9-19(10-7-17)29-16-18-4-3-12-23-14-18/h1-14H,15-16H2,(H,24,28)/b11-8+. The fourth-order valence-electron chi connectivity index (χ4n) is 2.73. The van der Waals surface area contributed by atoms with Gasteiger partial charge in [0.05, 0.1) is 6.54 Å². The number of nitrogens with one attached hydrogen (secondary N) is 1. The molecule has 7 nitrogen and oxygen atoms in total. The normalized spacial score (nSPS) is 11.0. The topological polar surface area (TPSA) is 81.4 Å². The summed E-state index contributed by atoms with van der Waals surface area (Å²) < 4.78 is 7.57. The van der Waals surface area contributed by atoms with Crippen LogP contribution in [0.3, 0.4) is 0 Å². The molecular formula is C22H19N5O2. The summed E-state index contributed by atoms with van der Waals surface area (Å²) in [4.78, 5) is 16.2. The lowest BCUT2D eigenvalue weighted by atomic mass is 10.2. The fourth-order valence-corrected chi connectivity index (χ4v) is 2.73. The second kappa shape index (κ2) is 8.79. The molecule has 0 unspecified atom stereocenters. The van der Waals surface area contributed by atoms with Crippen LogP contribution in [0.15, 0.2) is 79.3 Å². The summed E-state index contributed by atoms with van der Waals surface area (Å²) in [6.07, 6.45) is 8.62. The molecule has 0 saturated carbocycles. The molecule has 7 heteroatoms. The van der Waals surface area contributed by atoms with E-state index >= 15 is 0 Å². The summed E-state index contributed by atoms with van der Waals surface area (Å²) in [5, 5.41) is 11.0. The molecule has 0 aliphatic rings. The van der Waals surface area contributed by atoms with Gasteiger partial charge in [-0.1, -0.05) is 24.3 Å². The van der Waals surface area contributed by atoms with Crippen LogP contribution in [0.1, 0.15) is 17.0 Å². The lowest BCUT2D eigenvalue weighted by molar-refractivity contribution is -0.116. The van der Waals surface area contributed by atoms with Crippen LogP contribution in [0.2, 0.25) is 0 Å². The third kappa shape index (κ3) is 4.84. The van der Waals surface area contributed by atoms with Gasteiger partial charge in [0.15, 0.2) is 11.5 Å². The minimum Gasteiger partial charge on any atom is -0.489 e. The average molecular weight is 385 g/mol. The van der Waals surface area contributed by atoms with E-state index in [9.17, 15) is 4.79 Å². The Bertz CT molecular complexity index is 1120. The second-order valence-electron chi connectivity index (χ2n) is 6.32. The van der Waals surface area contributed by atoms with Crippen LogP contribution in [-0.2, 0) is 17.9 Å². The van der Waals surface area contributed by atoms with Crippen molar-refractivity contribution in [3.8, 4) is 5.75 Å². The monoisotopic (exact) mass is 385 g/mol. The molecule has 4 rings (SSSR count). The highest BCUT2D eigenvalue weighted by Gasteiger charge is 2.05. The Morgan fingerprint density at radius 1 is 1.07 bits per heavy atom. The molecule has 0 atom stereocenters. The smallest absolute Gasteiger partial charge is 0.244 e. The van der Waals surface area contributed by atoms with Gasteiger partial charge >= 0.3 is 0 Å². The summed E-state index contributed by atoms with van der Waals surface area (Å²) >= 11 is 0. The SMILES string of the molecule is O=C(/C=C/c1ccc(OCc2cccnc2)cc1)NCc1nnc2ccccn12.